The Morgan fingerprint density at radius 3 is 2.33 bits per heavy atom. The second-order valence-electron chi connectivity index (χ2n) is 4.29. The van der Waals surface area contributed by atoms with Crippen molar-refractivity contribution in [2.45, 2.75) is 18.8 Å². The smallest absolute Gasteiger partial charge is 0.406 e. The van der Waals surface area contributed by atoms with Gasteiger partial charge >= 0.3 is 12.4 Å². The van der Waals surface area contributed by atoms with Crippen LogP contribution >= 0.6 is 0 Å². The number of amides is 2. The van der Waals surface area contributed by atoms with Gasteiger partial charge < -0.3 is 15.4 Å². The van der Waals surface area contributed by atoms with Gasteiger partial charge in [0.05, 0.1) is 6.04 Å². The van der Waals surface area contributed by atoms with Crippen molar-refractivity contribution in [3.05, 3.63) is 48.6 Å². The highest BCUT2D eigenvalue weighted by molar-refractivity contribution is 5.89. The van der Waals surface area contributed by atoms with Gasteiger partial charge in [-0.25, -0.2) is 4.79 Å². The number of nitrogens with one attached hydrogen (secondary N) is 2. The highest BCUT2D eigenvalue weighted by Crippen LogP contribution is 2.23. The van der Waals surface area contributed by atoms with Crippen LogP contribution in [0.2, 0.25) is 0 Å². The van der Waals surface area contributed by atoms with Gasteiger partial charge in [-0.15, -0.1) is 13.2 Å². The summed E-state index contributed by atoms with van der Waals surface area (Å²) in [7, 11) is 0. The number of benzene rings is 1. The molecule has 2 rings (SSSR count). The van der Waals surface area contributed by atoms with E-state index in [0.717, 1.165) is 18.6 Å². The van der Waals surface area contributed by atoms with Crippen LogP contribution in [-0.2, 0) is 0 Å². The molecular weight excluding hydrogens is 285 g/mol. The largest absolute Gasteiger partial charge is 0.573 e. The third-order valence-corrected chi connectivity index (χ3v) is 2.60. The van der Waals surface area contributed by atoms with Gasteiger partial charge in [-0.3, -0.25) is 0 Å². The maximum absolute atomic E-state index is 12.0. The van der Waals surface area contributed by atoms with Crippen LogP contribution in [0, 0.1) is 0 Å². The summed E-state index contributed by atoms with van der Waals surface area (Å²) in [5, 5.41) is 5.21. The monoisotopic (exact) mass is 298 g/mol. The van der Waals surface area contributed by atoms with Crippen LogP contribution in [0.3, 0.4) is 0 Å². The first-order valence-corrected chi connectivity index (χ1v) is 6.19. The van der Waals surface area contributed by atoms with E-state index in [-0.39, 0.29) is 11.8 Å². The highest BCUT2D eigenvalue weighted by atomic mass is 19.4. The first kappa shape index (κ1) is 15.0. The number of hydrogen-bond donors (Lipinski definition) is 2. The second kappa shape index (κ2) is 6.34. The molecule has 0 spiro atoms. The minimum atomic E-state index is -4.73. The maximum atomic E-state index is 12.0. The van der Waals surface area contributed by atoms with Gasteiger partial charge in [-0.05, 0) is 30.7 Å². The summed E-state index contributed by atoms with van der Waals surface area (Å²) in [5.41, 5.74) is 0.366. The summed E-state index contributed by atoms with van der Waals surface area (Å²) in [6.45, 7) is 0. The van der Waals surface area contributed by atoms with Crippen LogP contribution in [0.1, 0.15) is 6.42 Å². The molecule has 0 aliphatic heterocycles. The van der Waals surface area contributed by atoms with Crippen LogP contribution in [0.15, 0.2) is 48.6 Å². The van der Waals surface area contributed by atoms with Gasteiger partial charge in [0.15, 0.2) is 0 Å². The SMILES string of the molecule is O=C(Nc1ccc(OC(F)(F)F)cc1)NC1C=CCC=C1. The molecule has 7 heteroatoms. The first-order chi connectivity index (χ1) is 9.92. The van der Waals surface area contributed by atoms with Crippen LogP contribution < -0.4 is 15.4 Å². The Morgan fingerprint density at radius 2 is 1.76 bits per heavy atom. The summed E-state index contributed by atoms with van der Waals surface area (Å²) in [5.74, 6) is -0.341. The molecule has 0 aromatic heterocycles. The molecule has 112 valence electrons. The number of carbonyl (C=O) groups excluding carboxylic acids is 1. The zero-order valence-corrected chi connectivity index (χ0v) is 10.9. The summed E-state index contributed by atoms with van der Waals surface area (Å²) in [6, 6.07) is 4.28. The molecule has 4 nitrogen and oxygen atoms in total. The average Bonchev–Trinajstić information content (AvgIpc) is 2.40. The predicted molar refractivity (Wildman–Crippen MR) is 72.0 cm³/mol. The third-order valence-electron chi connectivity index (χ3n) is 2.60. The number of ether oxygens (including phenoxy) is 1. The lowest BCUT2D eigenvalue weighted by atomic mass is 10.1. The molecule has 0 saturated carbocycles. The van der Waals surface area contributed by atoms with Crippen molar-refractivity contribution in [3.63, 3.8) is 0 Å². The molecule has 0 atom stereocenters. The first-order valence-electron chi connectivity index (χ1n) is 6.19. The van der Waals surface area contributed by atoms with E-state index in [4.69, 9.17) is 0 Å². The number of allylic oxidation sites excluding steroid dienone is 2. The predicted octanol–water partition coefficient (Wildman–Crippen LogP) is 3.59. The Bertz CT molecular complexity index is 538. The van der Waals surface area contributed by atoms with Gasteiger partial charge in [0.2, 0.25) is 0 Å². The quantitative estimate of drug-likeness (QED) is 0.838. The number of rotatable bonds is 3. The standard InChI is InChI=1S/C14H13F3N2O2/c15-14(16,17)21-12-8-6-11(7-9-12)19-13(20)18-10-4-2-1-3-5-10/h2-10H,1H2,(H2,18,19,20). The molecular formula is C14H13F3N2O2. The lowest BCUT2D eigenvalue weighted by Gasteiger charge is -2.14. The van der Waals surface area contributed by atoms with Gasteiger partial charge in [-0.1, -0.05) is 24.3 Å². The fourth-order valence-corrected chi connectivity index (χ4v) is 1.75. The highest BCUT2D eigenvalue weighted by Gasteiger charge is 2.30. The molecule has 0 heterocycles. The van der Waals surface area contributed by atoms with Crippen LogP contribution in [0.5, 0.6) is 5.75 Å². The molecule has 0 saturated heterocycles. The molecule has 21 heavy (non-hydrogen) atoms. The van der Waals surface area contributed by atoms with E-state index >= 15 is 0 Å². The van der Waals surface area contributed by atoms with E-state index in [9.17, 15) is 18.0 Å². The van der Waals surface area contributed by atoms with Gasteiger partial charge in [0.1, 0.15) is 5.75 Å². The Kier molecular flexibility index (Phi) is 4.52. The summed E-state index contributed by atoms with van der Waals surface area (Å²) < 4.78 is 39.7. The number of urea groups is 1. The fourth-order valence-electron chi connectivity index (χ4n) is 1.75. The molecule has 2 N–H and O–H groups in total. The molecule has 0 unspecified atom stereocenters. The van der Waals surface area contributed by atoms with Crippen molar-refractivity contribution in [1.29, 1.82) is 0 Å². The number of hydrogen-bond acceptors (Lipinski definition) is 2. The van der Waals surface area contributed by atoms with Crippen molar-refractivity contribution >= 4 is 11.7 Å². The Hall–Kier alpha value is -2.44. The van der Waals surface area contributed by atoms with Crippen molar-refractivity contribution < 1.29 is 22.7 Å². The molecule has 2 amide bonds. The molecule has 1 aromatic rings. The summed E-state index contributed by atoms with van der Waals surface area (Å²) in [4.78, 5) is 11.7. The van der Waals surface area contributed by atoms with Crippen LogP contribution in [0.4, 0.5) is 23.7 Å². The third kappa shape index (κ3) is 5.21. The fraction of sp³-hybridized carbons (Fsp3) is 0.214. The average molecular weight is 298 g/mol. The van der Waals surface area contributed by atoms with E-state index in [2.05, 4.69) is 15.4 Å². The topological polar surface area (TPSA) is 50.4 Å². The molecule has 0 bridgehead atoms. The van der Waals surface area contributed by atoms with E-state index < -0.39 is 12.4 Å². The zero-order valence-electron chi connectivity index (χ0n) is 10.9. The molecule has 1 aromatic carbocycles. The van der Waals surface area contributed by atoms with Crippen LogP contribution in [0.25, 0.3) is 0 Å². The van der Waals surface area contributed by atoms with Crippen LogP contribution in [-0.4, -0.2) is 18.4 Å². The number of halogens is 3. The molecule has 0 fully saturated rings. The van der Waals surface area contributed by atoms with Crippen molar-refractivity contribution in [1.82, 2.24) is 5.32 Å². The van der Waals surface area contributed by atoms with E-state index in [0.29, 0.717) is 5.69 Å². The molecule has 1 aliphatic rings. The van der Waals surface area contributed by atoms with Crippen molar-refractivity contribution in [2.75, 3.05) is 5.32 Å². The Balaban J connectivity index is 1.87. The summed E-state index contributed by atoms with van der Waals surface area (Å²) in [6.07, 6.45) is 3.65. The molecule has 1 aliphatic carbocycles. The Labute approximate surface area is 119 Å². The van der Waals surface area contributed by atoms with Gasteiger partial charge in [0.25, 0.3) is 0 Å². The second-order valence-corrected chi connectivity index (χ2v) is 4.29. The van der Waals surface area contributed by atoms with E-state index in [1.165, 1.54) is 12.1 Å². The lowest BCUT2D eigenvalue weighted by Crippen LogP contribution is -2.36. The zero-order chi connectivity index (χ0) is 15.3. The number of anilines is 1. The lowest BCUT2D eigenvalue weighted by molar-refractivity contribution is -0.274. The van der Waals surface area contributed by atoms with Gasteiger partial charge in [0, 0.05) is 5.69 Å². The maximum Gasteiger partial charge on any atom is 0.573 e. The van der Waals surface area contributed by atoms with Crippen molar-refractivity contribution in [3.8, 4) is 5.75 Å². The minimum absolute atomic E-state index is 0.188. The van der Waals surface area contributed by atoms with Crippen molar-refractivity contribution in [2.24, 2.45) is 0 Å². The normalized spacial score (nSPS) is 14.8. The van der Waals surface area contributed by atoms with E-state index in [1.54, 1.807) is 0 Å². The minimum Gasteiger partial charge on any atom is -0.406 e. The van der Waals surface area contributed by atoms with Gasteiger partial charge in [-0.2, -0.15) is 0 Å². The number of alkyl halides is 3. The molecule has 0 radical (unpaired) electrons. The van der Waals surface area contributed by atoms with E-state index in [1.807, 2.05) is 24.3 Å². The Morgan fingerprint density at radius 1 is 1.14 bits per heavy atom. The number of carbonyl (C=O) groups is 1. The summed E-state index contributed by atoms with van der Waals surface area (Å²) >= 11 is 0.